The zero-order chi connectivity index (χ0) is 33.0. The number of para-hydroxylation sites is 2. The summed E-state index contributed by atoms with van der Waals surface area (Å²) in [5.41, 5.74) is 10.1. The van der Waals surface area contributed by atoms with Gasteiger partial charge in [0.1, 0.15) is 11.2 Å². The van der Waals surface area contributed by atoms with Crippen LogP contribution in [0.15, 0.2) is 174 Å². The second kappa shape index (κ2) is 11.4. The second-order valence-electron chi connectivity index (χ2n) is 12.5. The first-order chi connectivity index (χ1) is 24.8. The summed E-state index contributed by atoms with van der Waals surface area (Å²) in [6, 6.07) is 58.6. The average molecular weight is 641 g/mol. The number of benzene rings is 7. The van der Waals surface area contributed by atoms with E-state index in [9.17, 15) is 0 Å². The number of nitrogens with zero attached hydrogens (tertiary/aromatic N) is 4. The molecule has 0 saturated carbocycles. The third-order valence-corrected chi connectivity index (χ3v) is 9.45. The highest BCUT2D eigenvalue weighted by Gasteiger charge is 2.18. The van der Waals surface area contributed by atoms with Crippen molar-refractivity contribution >= 4 is 43.7 Å². The summed E-state index contributed by atoms with van der Waals surface area (Å²) < 4.78 is 8.92. The lowest BCUT2D eigenvalue weighted by molar-refractivity contribution is 0.669. The number of fused-ring (bicyclic) bond motifs is 6. The van der Waals surface area contributed by atoms with Gasteiger partial charge in [0.2, 0.25) is 0 Å². The van der Waals surface area contributed by atoms with Gasteiger partial charge in [-0.3, -0.25) is 0 Å². The number of aromatic nitrogens is 4. The van der Waals surface area contributed by atoms with Gasteiger partial charge in [0.15, 0.2) is 17.5 Å². The fourth-order valence-corrected chi connectivity index (χ4v) is 7.14. The Bertz CT molecular complexity index is 2800. The monoisotopic (exact) mass is 640 g/mol. The highest BCUT2D eigenvalue weighted by atomic mass is 16.3. The molecule has 0 radical (unpaired) electrons. The molecule has 0 bridgehead atoms. The fraction of sp³-hybridized carbons (Fsp3) is 0. The Morgan fingerprint density at radius 2 is 0.960 bits per heavy atom. The molecule has 0 amide bonds. The summed E-state index contributed by atoms with van der Waals surface area (Å²) in [6.07, 6.45) is 0. The summed E-state index contributed by atoms with van der Waals surface area (Å²) in [7, 11) is 0. The molecule has 5 heteroatoms. The molecule has 50 heavy (non-hydrogen) atoms. The lowest BCUT2D eigenvalue weighted by Crippen LogP contribution is -2.00. The Kier molecular flexibility index (Phi) is 6.42. The molecule has 0 spiro atoms. The Morgan fingerprint density at radius 1 is 0.380 bits per heavy atom. The van der Waals surface area contributed by atoms with Gasteiger partial charge in [-0.15, -0.1) is 0 Å². The van der Waals surface area contributed by atoms with E-state index in [4.69, 9.17) is 19.4 Å². The van der Waals surface area contributed by atoms with Crippen molar-refractivity contribution in [1.29, 1.82) is 0 Å². The molecule has 0 atom stereocenters. The standard InChI is InChI=1S/C45H28N4O/c1-4-13-29(14-5-1)43-46-44(30-15-6-2-7-16-30)48-45(47-43)32-24-26-37-41(28-32)50-40-22-12-20-34(42(37)40)31-23-25-36-35-19-10-11-21-38(35)49(39(36)27-31)33-17-8-3-9-18-33/h1-28H. The largest absolute Gasteiger partial charge is 0.456 e. The molecule has 234 valence electrons. The zero-order valence-electron chi connectivity index (χ0n) is 26.9. The summed E-state index contributed by atoms with van der Waals surface area (Å²) in [5, 5.41) is 4.59. The van der Waals surface area contributed by atoms with Crippen molar-refractivity contribution in [3.63, 3.8) is 0 Å². The van der Waals surface area contributed by atoms with Gasteiger partial charge in [-0.05, 0) is 53.6 Å². The van der Waals surface area contributed by atoms with Crippen LogP contribution in [0.2, 0.25) is 0 Å². The first-order valence-electron chi connectivity index (χ1n) is 16.7. The zero-order valence-corrected chi connectivity index (χ0v) is 26.9. The minimum atomic E-state index is 0.597. The summed E-state index contributed by atoms with van der Waals surface area (Å²) >= 11 is 0. The second-order valence-corrected chi connectivity index (χ2v) is 12.5. The lowest BCUT2D eigenvalue weighted by atomic mass is 9.98. The van der Waals surface area contributed by atoms with E-state index in [1.807, 2.05) is 66.7 Å². The van der Waals surface area contributed by atoms with Gasteiger partial charge < -0.3 is 8.98 Å². The predicted molar refractivity (Wildman–Crippen MR) is 203 cm³/mol. The Balaban J connectivity index is 1.14. The predicted octanol–water partition coefficient (Wildman–Crippen LogP) is 11.5. The van der Waals surface area contributed by atoms with Crippen LogP contribution in [0.5, 0.6) is 0 Å². The molecule has 0 unspecified atom stereocenters. The molecule has 0 aliphatic carbocycles. The molecule has 0 aliphatic heterocycles. The van der Waals surface area contributed by atoms with Gasteiger partial charge in [-0.25, -0.2) is 15.0 Å². The van der Waals surface area contributed by atoms with Gasteiger partial charge in [-0.2, -0.15) is 0 Å². The minimum Gasteiger partial charge on any atom is -0.456 e. The molecule has 10 rings (SSSR count). The molecular weight excluding hydrogens is 613 g/mol. The Morgan fingerprint density at radius 3 is 1.68 bits per heavy atom. The Labute approximate surface area is 287 Å². The van der Waals surface area contributed by atoms with E-state index in [2.05, 4.69) is 108 Å². The smallest absolute Gasteiger partial charge is 0.164 e. The van der Waals surface area contributed by atoms with Crippen LogP contribution < -0.4 is 0 Å². The van der Waals surface area contributed by atoms with Crippen molar-refractivity contribution < 1.29 is 4.42 Å². The van der Waals surface area contributed by atoms with E-state index in [-0.39, 0.29) is 0 Å². The van der Waals surface area contributed by atoms with Crippen LogP contribution in [0.1, 0.15) is 0 Å². The quantitative estimate of drug-likeness (QED) is 0.188. The van der Waals surface area contributed by atoms with Crippen molar-refractivity contribution in [2.45, 2.75) is 0 Å². The normalized spacial score (nSPS) is 11.6. The van der Waals surface area contributed by atoms with Crippen LogP contribution in [-0.4, -0.2) is 19.5 Å². The molecule has 0 fully saturated rings. The third-order valence-electron chi connectivity index (χ3n) is 9.45. The van der Waals surface area contributed by atoms with Crippen molar-refractivity contribution in [1.82, 2.24) is 19.5 Å². The maximum absolute atomic E-state index is 6.56. The van der Waals surface area contributed by atoms with Crippen molar-refractivity contribution in [3.05, 3.63) is 170 Å². The summed E-state index contributed by atoms with van der Waals surface area (Å²) in [4.78, 5) is 14.7. The first kappa shape index (κ1) is 28.2. The van der Waals surface area contributed by atoms with Crippen molar-refractivity contribution in [2.24, 2.45) is 0 Å². The van der Waals surface area contributed by atoms with E-state index < -0.39 is 0 Å². The highest BCUT2D eigenvalue weighted by molar-refractivity contribution is 6.15. The lowest BCUT2D eigenvalue weighted by Gasteiger charge is -2.09. The molecule has 3 aromatic heterocycles. The van der Waals surface area contributed by atoms with Crippen LogP contribution in [0.3, 0.4) is 0 Å². The first-order valence-corrected chi connectivity index (χ1v) is 16.7. The molecule has 3 heterocycles. The average Bonchev–Trinajstić information content (AvgIpc) is 3.74. The van der Waals surface area contributed by atoms with E-state index >= 15 is 0 Å². The van der Waals surface area contributed by atoms with Gasteiger partial charge in [0, 0.05) is 43.9 Å². The molecule has 0 aliphatic rings. The molecular formula is C45H28N4O. The van der Waals surface area contributed by atoms with Crippen LogP contribution in [-0.2, 0) is 0 Å². The summed E-state index contributed by atoms with van der Waals surface area (Å²) in [6.45, 7) is 0. The number of rotatable bonds is 5. The molecule has 7 aromatic carbocycles. The number of hydrogen-bond donors (Lipinski definition) is 0. The number of hydrogen-bond acceptors (Lipinski definition) is 4. The maximum atomic E-state index is 6.56. The van der Waals surface area contributed by atoms with Crippen molar-refractivity contribution in [2.75, 3.05) is 0 Å². The molecule has 0 saturated heterocycles. The Hall–Kier alpha value is -6.85. The van der Waals surface area contributed by atoms with Gasteiger partial charge >= 0.3 is 0 Å². The van der Waals surface area contributed by atoms with Crippen LogP contribution in [0.25, 0.3) is 94.7 Å². The molecule has 5 nitrogen and oxygen atoms in total. The molecule has 0 N–H and O–H groups in total. The van der Waals surface area contributed by atoms with Gasteiger partial charge in [0.05, 0.1) is 11.0 Å². The third kappa shape index (κ3) is 4.60. The van der Waals surface area contributed by atoms with Crippen LogP contribution in [0, 0.1) is 0 Å². The van der Waals surface area contributed by atoms with E-state index in [1.165, 1.54) is 21.8 Å². The molecule has 10 aromatic rings. The highest BCUT2D eigenvalue weighted by Crippen LogP contribution is 2.40. The van der Waals surface area contributed by atoms with E-state index in [1.54, 1.807) is 0 Å². The van der Waals surface area contributed by atoms with Crippen LogP contribution >= 0.6 is 0 Å². The minimum absolute atomic E-state index is 0.597. The maximum Gasteiger partial charge on any atom is 0.164 e. The topological polar surface area (TPSA) is 56.7 Å². The van der Waals surface area contributed by atoms with E-state index in [0.717, 1.165) is 55.4 Å². The number of furan rings is 1. The van der Waals surface area contributed by atoms with Crippen LogP contribution in [0.4, 0.5) is 0 Å². The van der Waals surface area contributed by atoms with E-state index in [0.29, 0.717) is 17.5 Å². The summed E-state index contributed by atoms with van der Waals surface area (Å²) in [5.74, 6) is 1.86. The van der Waals surface area contributed by atoms with Crippen molar-refractivity contribution in [3.8, 4) is 51.0 Å². The van der Waals surface area contributed by atoms with Gasteiger partial charge in [0.25, 0.3) is 0 Å². The van der Waals surface area contributed by atoms with Gasteiger partial charge in [-0.1, -0.05) is 127 Å². The SMILES string of the molecule is c1ccc(-c2nc(-c3ccccc3)nc(-c3ccc4c(c3)oc3cccc(-c5ccc6c7ccccc7n(-c7ccccc7)c6c5)c34)n2)cc1. The fourth-order valence-electron chi connectivity index (χ4n) is 7.14.